The van der Waals surface area contributed by atoms with Crippen molar-refractivity contribution in [1.29, 1.82) is 0 Å². The quantitative estimate of drug-likeness (QED) is 0.870. The number of halogens is 1. The maximum atomic E-state index is 11.8. The molecule has 96 valence electrons. The van der Waals surface area contributed by atoms with Gasteiger partial charge < -0.3 is 0 Å². The molecule has 5 nitrogen and oxygen atoms in total. The maximum absolute atomic E-state index is 11.8. The van der Waals surface area contributed by atoms with Gasteiger partial charge in [0.2, 0.25) is 0 Å². The number of aryl methyl sites for hydroxylation is 3. The van der Waals surface area contributed by atoms with E-state index in [0.717, 1.165) is 28.0 Å². The van der Waals surface area contributed by atoms with E-state index in [1.165, 1.54) is 4.68 Å². The van der Waals surface area contributed by atoms with Gasteiger partial charge in [0, 0.05) is 12.6 Å². The van der Waals surface area contributed by atoms with Crippen LogP contribution < -0.4 is 5.56 Å². The Labute approximate surface area is 114 Å². The molecule has 2 aromatic heterocycles. The van der Waals surface area contributed by atoms with E-state index in [4.69, 9.17) is 0 Å². The lowest BCUT2D eigenvalue weighted by atomic mass is 10.3. The fourth-order valence-electron chi connectivity index (χ4n) is 1.80. The van der Waals surface area contributed by atoms with Crippen molar-refractivity contribution >= 4 is 15.9 Å². The SMILES string of the molecule is CCn1nc(C)c(Br)c1Cn1ncc(C)cc1=O. The van der Waals surface area contributed by atoms with Crippen LogP contribution in [0.25, 0.3) is 0 Å². The summed E-state index contributed by atoms with van der Waals surface area (Å²) in [5, 5.41) is 8.54. The van der Waals surface area contributed by atoms with Crippen molar-refractivity contribution in [3.63, 3.8) is 0 Å². The largest absolute Gasteiger partial charge is 0.268 e. The molecular formula is C12H15BrN4O. The van der Waals surface area contributed by atoms with Crippen LogP contribution in [-0.2, 0) is 13.1 Å². The van der Waals surface area contributed by atoms with E-state index in [-0.39, 0.29) is 5.56 Å². The van der Waals surface area contributed by atoms with Crippen molar-refractivity contribution < 1.29 is 0 Å². The van der Waals surface area contributed by atoms with Gasteiger partial charge in [-0.25, -0.2) is 4.68 Å². The van der Waals surface area contributed by atoms with E-state index in [0.29, 0.717) is 6.54 Å². The van der Waals surface area contributed by atoms with Crippen LogP contribution in [-0.4, -0.2) is 19.6 Å². The van der Waals surface area contributed by atoms with E-state index in [1.807, 2.05) is 25.5 Å². The summed E-state index contributed by atoms with van der Waals surface area (Å²) in [6.45, 7) is 7.00. The van der Waals surface area contributed by atoms with Gasteiger partial charge in [-0.3, -0.25) is 9.48 Å². The average Bonchev–Trinajstić information content (AvgIpc) is 2.60. The summed E-state index contributed by atoms with van der Waals surface area (Å²) < 4.78 is 4.27. The average molecular weight is 311 g/mol. The van der Waals surface area contributed by atoms with Gasteiger partial charge in [-0.2, -0.15) is 10.2 Å². The van der Waals surface area contributed by atoms with E-state index in [1.54, 1.807) is 12.3 Å². The van der Waals surface area contributed by atoms with Crippen LogP contribution in [0.1, 0.15) is 23.9 Å². The summed E-state index contributed by atoms with van der Waals surface area (Å²) in [6, 6.07) is 1.58. The fraction of sp³-hybridized carbons (Fsp3) is 0.417. The number of rotatable bonds is 3. The maximum Gasteiger partial charge on any atom is 0.267 e. The van der Waals surface area contributed by atoms with Crippen LogP contribution in [0.15, 0.2) is 21.5 Å². The number of aromatic nitrogens is 4. The molecule has 0 radical (unpaired) electrons. The zero-order chi connectivity index (χ0) is 13.3. The van der Waals surface area contributed by atoms with Gasteiger partial charge in [0.15, 0.2) is 0 Å². The minimum atomic E-state index is -0.0941. The highest BCUT2D eigenvalue weighted by Crippen LogP contribution is 2.21. The topological polar surface area (TPSA) is 52.7 Å². The second kappa shape index (κ2) is 5.06. The normalized spacial score (nSPS) is 10.9. The van der Waals surface area contributed by atoms with Gasteiger partial charge in [0.05, 0.1) is 28.6 Å². The molecule has 2 heterocycles. The lowest BCUT2D eigenvalue weighted by molar-refractivity contribution is 0.557. The van der Waals surface area contributed by atoms with Crippen LogP contribution in [0.4, 0.5) is 0 Å². The molecule has 18 heavy (non-hydrogen) atoms. The third-order valence-corrected chi connectivity index (χ3v) is 3.79. The highest BCUT2D eigenvalue weighted by molar-refractivity contribution is 9.10. The van der Waals surface area contributed by atoms with Crippen molar-refractivity contribution in [2.24, 2.45) is 0 Å². The summed E-state index contributed by atoms with van der Waals surface area (Å²) in [5.74, 6) is 0. The first-order valence-corrected chi connectivity index (χ1v) is 6.57. The molecule has 0 N–H and O–H groups in total. The molecule has 0 aliphatic carbocycles. The summed E-state index contributed by atoms with van der Waals surface area (Å²) in [7, 11) is 0. The fourth-order valence-corrected chi connectivity index (χ4v) is 2.21. The Bertz CT molecular complexity index is 629. The van der Waals surface area contributed by atoms with Gasteiger partial charge in [0.25, 0.3) is 5.56 Å². The number of hydrogen-bond acceptors (Lipinski definition) is 3. The van der Waals surface area contributed by atoms with Gasteiger partial charge in [-0.15, -0.1) is 0 Å². The lowest BCUT2D eigenvalue weighted by Crippen LogP contribution is -2.24. The smallest absolute Gasteiger partial charge is 0.267 e. The molecular weight excluding hydrogens is 296 g/mol. The number of nitrogens with zero attached hydrogens (tertiary/aromatic N) is 4. The molecule has 0 saturated carbocycles. The van der Waals surface area contributed by atoms with Crippen LogP contribution in [0.2, 0.25) is 0 Å². The van der Waals surface area contributed by atoms with Gasteiger partial charge in [-0.05, 0) is 42.3 Å². The summed E-state index contributed by atoms with van der Waals surface area (Å²) in [6.07, 6.45) is 1.69. The Balaban J connectivity index is 2.42. The molecule has 0 aromatic carbocycles. The zero-order valence-corrected chi connectivity index (χ0v) is 12.2. The minimum absolute atomic E-state index is 0.0941. The zero-order valence-electron chi connectivity index (χ0n) is 10.6. The molecule has 0 fully saturated rings. The van der Waals surface area contributed by atoms with Crippen molar-refractivity contribution in [2.45, 2.75) is 33.9 Å². The van der Waals surface area contributed by atoms with Crippen LogP contribution in [0, 0.1) is 13.8 Å². The van der Waals surface area contributed by atoms with Crippen molar-refractivity contribution in [3.05, 3.63) is 44.0 Å². The molecule has 0 saturated heterocycles. The van der Waals surface area contributed by atoms with Crippen LogP contribution in [0.5, 0.6) is 0 Å². The predicted octanol–water partition coefficient (Wildman–Crippen LogP) is 1.89. The van der Waals surface area contributed by atoms with E-state index in [9.17, 15) is 4.79 Å². The molecule has 0 aliphatic heterocycles. The van der Waals surface area contributed by atoms with Crippen LogP contribution in [0.3, 0.4) is 0 Å². The molecule has 6 heteroatoms. The monoisotopic (exact) mass is 310 g/mol. The Morgan fingerprint density at radius 3 is 2.67 bits per heavy atom. The second-order valence-electron chi connectivity index (χ2n) is 4.19. The molecule has 0 amide bonds. The van der Waals surface area contributed by atoms with Crippen molar-refractivity contribution in [2.75, 3.05) is 0 Å². The molecule has 2 aromatic rings. The Morgan fingerprint density at radius 1 is 1.33 bits per heavy atom. The highest BCUT2D eigenvalue weighted by Gasteiger charge is 2.13. The molecule has 0 atom stereocenters. The highest BCUT2D eigenvalue weighted by atomic mass is 79.9. The first-order chi connectivity index (χ1) is 8.52. The Morgan fingerprint density at radius 2 is 2.06 bits per heavy atom. The van der Waals surface area contributed by atoms with Crippen molar-refractivity contribution in [1.82, 2.24) is 19.6 Å². The third-order valence-electron chi connectivity index (χ3n) is 2.76. The lowest BCUT2D eigenvalue weighted by Gasteiger charge is -2.07. The van der Waals surface area contributed by atoms with E-state index in [2.05, 4.69) is 26.1 Å². The standard InChI is InChI=1S/C12H15BrN4O/c1-4-16-10(12(13)9(3)15-16)7-17-11(18)5-8(2)6-14-17/h5-6H,4,7H2,1-3H3. The van der Waals surface area contributed by atoms with E-state index >= 15 is 0 Å². The summed E-state index contributed by atoms with van der Waals surface area (Å²) >= 11 is 3.51. The van der Waals surface area contributed by atoms with E-state index < -0.39 is 0 Å². The Hall–Kier alpha value is -1.43. The first kappa shape index (κ1) is 13.0. The molecule has 0 unspecified atom stereocenters. The summed E-state index contributed by atoms with van der Waals surface area (Å²) in [5.41, 5.74) is 2.67. The Kier molecular flexibility index (Phi) is 3.65. The van der Waals surface area contributed by atoms with Crippen molar-refractivity contribution in [3.8, 4) is 0 Å². The molecule has 0 spiro atoms. The minimum Gasteiger partial charge on any atom is -0.268 e. The third kappa shape index (κ3) is 2.38. The van der Waals surface area contributed by atoms with Gasteiger partial charge in [0.1, 0.15) is 0 Å². The predicted molar refractivity (Wildman–Crippen MR) is 72.7 cm³/mol. The van der Waals surface area contributed by atoms with Crippen LogP contribution >= 0.6 is 15.9 Å². The summed E-state index contributed by atoms with van der Waals surface area (Å²) in [4.78, 5) is 11.8. The second-order valence-corrected chi connectivity index (χ2v) is 4.98. The van der Waals surface area contributed by atoms with Gasteiger partial charge >= 0.3 is 0 Å². The first-order valence-electron chi connectivity index (χ1n) is 5.78. The molecule has 2 rings (SSSR count). The molecule has 0 bridgehead atoms. The molecule has 0 aliphatic rings. The number of hydrogen-bond donors (Lipinski definition) is 0. The van der Waals surface area contributed by atoms with Gasteiger partial charge in [-0.1, -0.05) is 0 Å².